The number of thioether (sulfide) groups is 1. The molecule has 6 nitrogen and oxygen atoms in total. The summed E-state index contributed by atoms with van der Waals surface area (Å²) in [4.78, 5) is 39.4. The third-order valence-corrected chi connectivity index (χ3v) is 5.14. The second kappa shape index (κ2) is 9.33. The Morgan fingerprint density at radius 3 is 2.76 bits per heavy atom. The number of nitrogens with zero attached hydrogens (tertiary/aromatic N) is 1. The molecule has 0 aliphatic rings. The van der Waals surface area contributed by atoms with Crippen molar-refractivity contribution in [3.63, 3.8) is 0 Å². The van der Waals surface area contributed by atoms with E-state index in [0.29, 0.717) is 27.9 Å². The molecule has 1 N–H and O–H groups in total. The maximum absolute atomic E-state index is 12.1. The summed E-state index contributed by atoms with van der Waals surface area (Å²) < 4.78 is 5.58. The van der Waals surface area contributed by atoms with Crippen LogP contribution in [-0.2, 0) is 20.7 Å². The number of esters is 1. The summed E-state index contributed by atoms with van der Waals surface area (Å²) in [6, 6.07) is 6.88. The zero-order chi connectivity index (χ0) is 18.2. The normalized spacial score (nSPS) is 10.3. The molecule has 0 unspecified atom stereocenters. The maximum atomic E-state index is 12.1. The minimum atomic E-state index is -0.317. The fourth-order valence-corrected chi connectivity index (χ4v) is 3.65. The van der Waals surface area contributed by atoms with Crippen molar-refractivity contribution in [2.24, 2.45) is 0 Å². The lowest BCUT2D eigenvalue weighted by Gasteiger charge is -2.08. The number of nitrogens with one attached hydrogen (secondary N) is 1. The average Bonchev–Trinajstić information content (AvgIpc) is 3.01. The molecule has 0 aliphatic heterocycles. The van der Waals surface area contributed by atoms with Crippen LogP contribution in [-0.4, -0.2) is 35.0 Å². The highest BCUT2D eigenvalue weighted by atomic mass is 32.2. The molecule has 0 saturated heterocycles. The molecule has 0 spiro atoms. The second-order valence-electron chi connectivity index (χ2n) is 5.03. The number of hydrogen-bond donors (Lipinski definition) is 1. The number of hydrogen-bond acceptors (Lipinski definition) is 7. The number of carbonyl (C=O) groups excluding carboxylic acids is 3. The van der Waals surface area contributed by atoms with Gasteiger partial charge in [-0.05, 0) is 26.0 Å². The van der Waals surface area contributed by atoms with Gasteiger partial charge < -0.3 is 10.1 Å². The zero-order valence-electron chi connectivity index (χ0n) is 13.9. The monoisotopic (exact) mass is 378 g/mol. The zero-order valence-corrected chi connectivity index (χ0v) is 15.5. The third kappa shape index (κ3) is 5.99. The molecular formula is C17H18N2O4S2. The van der Waals surface area contributed by atoms with Crippen molar-refractivity contribution in [1.82, 2.24) is 4.98 Å². The van der Waals surface area contributed by atoms with Crippen LogP contribution in [0.15, 0.2) is 34.0 Å². The molecule has 0 atom stereocenters. The molecule has 0 fully saturated rings. The van der Waals surface area contributed by atoms with Crippen molar-refractivity contribution in [3.05, 3.63) is 40.9 Å². The Morgan fingerprint density at radius 1 is 1.28 bits per heavy atom. The standard InChI is InChI=1S/C17H18N2O4S2/c1-3-23-16(22)8-12-9-24-17(18-12)25-10-15(21)19-14-7-5-4-6-13(14)11(2)20/h4-7,9H,3,8,10H2,1-2H3,(H,19,21). The summed E-state index contributed by atoms with van der Waals surface area (Å²) in [5, 5.41) is 4.52. The van der Waals surface area contributed by atoms with Gasteiger partial charge in [-0.15, -0.1) is 11.3 Å². The molecule has 0 aliphatic carbocycles. The second-order valence-corrected chi connectivity index (χ2v) is 7.11. The summed E-state index contributed by atoms with van der Waals surface area (Å²) >= 11 is 2.66. The van der Waals surface area contributed by atoms with Gasteiger partial charge in [0.2, 0.25) is 5.91 Å². The molecule has 8 heteroatoms. The summed E-state index contributed by atoms with van der Waals surface area (Å²) in [6.07, 6.45) is 0.128. The van der Waals surface area contributed by atoms with Crippen LogP contribution >= 0.6 is 23.1 Å². The van der Waals surface area contributed by atoms with Crippen LogP contribution in [0.3, 0.4) is 0 Å². The van der Waals surface area contributed by atoms with Crippen molar-refractivity contribution >= 4 is 46.4 Å². The number of thiazole rings is 1. The van der Waals surface area contributed by atoms with Gasteiger partial charge in [0.25, 0.3) is 0 Å². The van der Waals surface area contributed by atoms with Crippen LogP contribution in [0.5, 0.6) is 0 Å². The lowest BCUT2D eigenvalue weighted by Crippen LogP contribution is -2.16. The van der Waals surface area contributed by atoms with E-state index in [2.05, 4.69) is 10.3 Å². The number of ketones is 1. The molecule has 1 heterocycles. The molecular weight excluding hydrogens is 360 g/mol. The van der Waals surface area contributed by atoms with Gasteiger partial charge in [-0.1, -0.05) is 23.9 Å². The Kier molecular flexibility index (Phi) is 7.15. The molecule has 2 aromatic rings. The highest BCUT2D eigenvalue weighted by Crippen LogP contribution is 2.23. The van der Waals surface area contributed by atoms with Crippen molar-refractivity contribution in [2.45, 2.75) is 24.6 Å². The van der Waals surface area contributed by atoms with Gasteiger partial charge in [0, 0.05) is 10.9 Å². The summed E-state index contributed by atoms with van der Waals surface area (Å²) in [5.74, 6) is -0.477. The van der Waals surface area contributed by atoms with Gasteiger partial charge >= 0.3 is 5.97 Å². The molecule has 0 saturated carbocycles. The number of amides is 1. The van der Waals surface area contributed by atoms with Crippen LogP contribution in [0.25, 0.3) is 0 Å². The van der Waals surface area contributed by atoms with Gasteiger partial charge in [0.15, 0.2) is 10.1 Å². The average molecular weight is 378 g/mol. The van der Waals surface area contributed by atoms with Gasteiger partial charge in [0.05, 0.1) is 30.2 Å². The predicted octanol–water partition coefficient (Wildman–Crippen LogP) is 3.18. The first-order valence-electron chi connectivity index (χ1n) is 7.62. The highest BCUT2D eigenvalue weighted by molar-refractivity contribution is 8.01. The van der Waals surface area contributed by atoms with Crippen LogP contribution in [0.4, 0.5) is 5.69 Å². The first-order chi connectivity index (χ1) is 12.0. The molecule has 0 radical (unpaired) electrons. The van der Waals surface area contributed by atoms with E-state index >= 15 is 0 Å². The third-order valence-electron chi connectivity index (χ3n) is 3.07. The summed E-state index contributed by atoms with van der Waals surface area (Å²) in [5.41, 5.74) is 1.61. The van der Waals surface area contributed by atoms with Gasteiger partial charge in [-0.3, -0.25) is 14.4 Å². The van der Waals surface area contributed by atoms with E-state index in [9.17, 15) is 14.4 Å². The van der Waals surface area contributed by atoms with Gasteiger partial charge in [-0.2, -0.15) is 0 Å². The molecule has 1 aromatic carbocycles. The summed E-state index contributed by atoms with van der Waals surface area (Å²) in [6.45, 7) is 3.55. The van der Waals surface area contributed by atoms with E-state index < -0.39 is 0 Å². The van der Waals surface area contributed by atoms with Crippen molar-refractivity contribution in [1.29, 1.82) is 0 Å². The first-order valence-corrected chi connectivity index (χ1v) is 9.48. The number of Topliss-reactive ketones (excluding diaryl/α,β-unsaturated/α-hetero) is 1. The number of aromatic nitrogens is 1. The lowest BCUT2D eigenvalue weighted by atomic mass is 10.1. The van der Waals surface area contributed by atoms with E-state index in [1.165, 1.54) is 30.0 Å². The van der Waals surface area contributed by atoms with Crippen LogP contribution < -0.4 is 5.32 Å². The molecule has 25 heavy (non-hydrogen) atoms. The van der Waals surface area contributed by atoms with Crippen molar-refractivity contribution in [2.75, 3.05) is 17.7 Å². The van der Waals surface area contributed by atoms with Crippen LogP contribution in [0, 0.1) is 0 Å². The predicted molar refractivity (Wildman–Crippen MR) is 98.3 cm³/mol. The fraction of sp³-hybridized carbons (Fsp3) is 0.294. The van der Waals surface area contributed by atoms with Gasteiger partial charge in [0.1, 0.15) is 0 Å². The molecule has 132 valence electrons. The SMILES string of the molecule is CCOC(=O)Cc1csc(SCC(=O)Nc2ccccc2C(C)=O)n1. The topological polar surface area (TPSA) is 85.4 Å². The molecule has 0 bridgehead atoms. The van der Waals surface area contributed by atoms with E-state index in [0.717, 1.165) is 0 Å². The van der Waals surface area contributed by atoms with E-state index in [-0.39, 0.29) is 29.8 Å². The van der Waals surface area contributed by atoms with Crippen LogP contribution in [0.2, 0.25) is 0 Å². The number of rotatable bonds is 8. The lowest BCUT2D eigenvalue weighted by molar-refractivity contribution is -0.142. The van der Waals surface area contributed by atoms with Crippen LogP contribution in [0.1, 0.15) is 29.9 Å². The minimum Gasteiger partial charge on any atom is -0.466 e. The van der Waals surface area contributed by atoms with E-state index in [4.69, 9.17) is 4.74 Å². The van der Waals surface area contributed by atoms with Crippen molar-refractivity contribution < 1.29 is 19.1 Å². The number of ether oxygens (including phenoxy) is 1. The number of benzene rings is 1. The minimum absolute atomic E-state index is 0.105. The summed E-state index contributed by atoms with van der Waals surface area (Å²) in [7, 11) is 0. The highest BCUT2D eigenvalue weighted by Gasteiger charge is 2.12. The Balaban J connectivity index is 1.88. The van der Waals surface area contributed by atoms with E-state index in [1.54, 1.807) is 36.6 Å². The smallest absolute Gasteiger partial charge is 0.311 e. The van der Waals surface area contributed by atoms with E-state index in [1.807, 2.05) is 0 Å². The molecule has 1 aromatic heterocycles. The van der Waals surface area contributed by atoms with Crippen molar-refractivity contribution in [3.8, 4) is 0 Å². The Bertz CT molecular complexity index is 774. The quantitative estimate of drug-likeness (QED) is 0.431. The molecule has 2 rings (SSSR count). The first kappa shape index (κ1) is 19.1. The Labute approximate surface area is 154 Å². The number of para-hydroxylation sites is 1. The number of anilines is 1. The largest absolute Gasteiger partial charge is 0.466 e. The number of carbonyl (C=O) groups is 3. The Morgan fingerprint density at radius 2 is 2.04 bits per heavy atom. The fourth-order valence-electron chi connectivity index (χ4n) is 2.01. The van der Waals surface area contributed by atoms with Gasteiger partial charge in [-0.25, -0.2) is 4.98 Å². The molecule has 1 amide bonds. The maximum Gasteiger partial charge on any atom is 0.311 e. The Hall–Kier alpha value is -2.19.